The summed E-state index contributed by atoms with van der Waals surface area (Å²) in [5.74, 6) is 1.24. The second kappa shape index (κ2) is 5.23. The monoisotopic (exact) mass is 249 g/mol. The minimum atomic E-state index is -1.18. The lowest BCUT2D eigenvalue weighted by Gasteiger charge is -2.02. The third-order valence-corrected chi connectivity index (χ3v) is 3.76. The van der Waals surface area contributed by atoms with E-state index in [2.05, 4.69) is 15.2 Å². The van der Waals surface area contributed by atoms with Crippen molar-refractivity contribution in [3.05, 3.63) is 41.2 Å². The molecule has 0 fully saturated rings. The Bertz CT molecular complexity index is 536. The molecule has 2 rings (SSSR count). The van der Waals surface area contributed by atoms with E-state index in [9.17, 15) is 4.21 Å². The summed E-state index contributed by atoms with van der Waals surface area (Å²) in [6, 6.07) is 7.93. The summed E-state index contributed by atoms with van der Waals surface area (Å²) in [5.41, 5.74) is 2.22. The van der Waals surface area contributed by atoms with Crippen molar-refractivity contribution in [2.45, 2.75) is 31.2 Å². The third kappa shape index (κ3) is 2.79. The Balaban J connectivity index is 2.14. The molecular formula is C12H15N3OS. The zero-order valence-electron chi connectivity index (χ0n) is 9.93. The van der Waals surface area contributed by atoms with Crippen LogP contribution in [0.3, 0.4) is 0 Å². The van der Waals surface area contributed by atoms with Gasteiger partial charge in [-0.05, 0) is 18.1 Å². The van der Waals surface area contributed by atoms with Crippen LogP contribution < -0.4 is 0 Å². The van der Waals surface area contributed by atoms with E-state index in [-0.39, 0.29) is 0 Å². The minimum absolute atomic E-state index is 0.394. The van der Waals surface area contributed by atoms with Crippen LogP contribution >= 0.6 is 0 Å². The average Bonchev–Trinajstić information content (AvgIpc) is 2.81. The van der Waals surface area contributed by atoms with Gasteiger partial charge in [0.2, 0.25) is 5.16 Å². The smallest absolute Gasteiger partial charge is 0.239 e. The second-order valence-electron chi connectivity index (χ2n) is 3.83. The van der Waals surface area contributed by atoms with Crippen LogP contribution in [0.25, 0.3) is 0 Å². The number of aromatic nitrogens is 3. The van der Waals surface area contributed by atoms with Crippen LogP contribution in [0.4, 0.5) is 0 Å². The topological polar surface area (TPSA) is 58.6 Å². The molecule has 4 nitrogen and oxygen atoms in total. The maximum Gasteiger partial charge on any atom is 0.239 e. The van der Waals surface area contributed by atoms with E-state index in [0.717, 1.165) is 23.4 Å². The van der Waals surface area contributed by atoms with Crippen molar-refractivity contribution in [2.24, 2.45) is 0 Å². The number of nitrogens with zero attached hydrogens (tertiary/aromatic N) is 2. The Morgan fingerprint density at radius 1 is 1.35 bits per heavy atom. The van der Waals surface area contributed by atoms with E-state index in [1.54, 1.807) is 0 Å². The molecule has 0 saturated carbocycles. The molecule has 0 bridgehead atoms. The molecule has 5 heteroatoms. The molecule has 0 unspecified atom stereocenters. The van der Waals surface area contributed by atoms with Crippen LogP contribution in [-0.4, -0.2) is 19.4 Å². The fraction of sp³-hybridized carbons (Fsp3) is 0.333. The van der Waals surface area contributed by atoms with E-state index in [4.69, 9.17) is 0 Å². The van der Waals surface area contributed by atoms with E-state index in [0.29, 0.717) is 10.9 Å². The predicted octanol–water partition coefficient (Wildman–Crippen LogP) is 1.98. The lowest BCUT2D eigenvalue weighted by Crippen LogP contribution is -2.00. The van der Waals surface area contributed by atoms with Gasteiger partial charge in [0.25, 0.3) is 0 Å². The van der Waals surface area contributed by atoms with E-state index in [1.807, 2.05) is 38.1 Å². The Morgan fingerprint density at radius 3 is 2.76 bits per heavy atom. The molecule has 1 heterocycles. The molecule has 90 valence electrons. The zero-order chi connectivity index (χ0) is 12.3. The molecule has 0 saturated heterocycles. The first-order valence-corrected chi connectivity index (χ1v) is 6.86. The van der Waals surface area contributed by atoms with Crippen LogP contribution in [0.2, 0.25) is 0 Å². The molecule has 1 N–H and O–H groups in total. The minimum Gasteiger partial charge on any atom is -0.262 e. The van der Waals surface area contributed by atoms with Crippen LogP contribution in [0, 0.1) is 6.92 Å². The maximum absolute atomic E-state index is 12.1. The predicted molar refractivity (Wildman–Crippen MR) is 67.1 cm³/mol. The van der Waals surface area contributed by atoms with Crippen LogP contribution in [0.15, 0.2) is 29.4 Å². The molecule has 1 aromatic heterocycles. The van der Waals surface area contributed by atoms with Crippen molar-refractivity contribution >= 4 is 10.8 Å². The quantitative estimate of drug-likeness (QED) is 0.901. The summed E-state index contributed by atoms with van der Waals surface area (Å²) in [6.07, 6.45) is 0.772. The van der Waals surface area contributed by atoms with Crippen molar-refractivity contribution in [2.75, 3.05) is 0 Å². The Hall–Kier alpha value is -1.49. The van der Waals surface area contributed by atoms with Gasteiger partial charge in [0, 0.05) is 6.42 Å². The highest BCUT2D eigenvalue weighted by molar-refractivity contribution is 7.84. The van der Waals surface area contributed by atoms with Gasteiger partial charge in [0.1, 0.15) is 5.82 Å². The highest BCUT2D eigenvalue weighted by Crippen LogP contribution is 2.12. The highest BCUT2D eigenvalue weighted by atomic mass is 32.2. The first-order valence-electron chi connectivity index (χ1n) is 5.55. The van der Waals surface area contributed by atoms with Gasteiger partial charge in [-0.3, -0.25) is 9.31 Å². The first kappa shape index (κ1) is 12.0. The van der Waals surface area contributed by atoms with E-state index < -0.39 is 10.8 Å². The number of H-pyrrole nitrogens is 1. The Morgan fingerprint density at radius 2 is 2.12 bits per heavy atom. The summed E-state index contributed by atoms with van der Waals surface area (Å²) in [5, 5.41) is 7.15. The Kier molecular flexibility index (Phi) is 3.68. The van der Waals surface area contributed by atoms with Gasteiger partial charge in [0.05, 0.1) is 16.6 Å². The number of aryl methyl sites for hydroxylation is 2. The maximum atomic E-state index is 12.1. The number of hydrogen-bond donors (Lipinski definition) is 1. The van der Waals surface area contributed by atoms with Gasteiger partial charge >= 0.3 is 0 Å². The van der Waals surface area contributed by atoms with Gasteiger partial charge in [-0.25, -0.2) is 4.98 Å². The third-order valence-electron chi connectivity index (χ3n) is 2.60. The van der Waals surface area contributed by atoms with Crippen molar-refractivity contribution in [1.82, 2.24) is 15.2 Å². The molecule has 17 heavy (non-hydrogen) atoms. The summed E-state index contributed by atoms with van der Waals surface area (Å²) in [6.45, 7) is 4.00. The van der Waals surface area contributed by atoms with Gasteiger partial charge in [0.15, 0.2) is 0 Å². The van der Waals surface area contributed by atoms with E-state index in [1.165, 1.54) is 0 Å². The highest BCUT2D eigenvalue weighted by Gasteiger charge is 2.11. The van der Waals surface area contributed by atoms with Crippen molar-refractivity contribution in [1.29, 1.82) is 0 Å². The summed E-state index contributed by atoms with van der Waals surface area (Å²) in [7, 11) is -1.18. The molecular weight excluding hydrogens is 234 g/mol. The fourth-order valence-corrected chi connectivity index (χ4v) is 2.61. The fourth-order valence-electron chi connectivity index (χ4n) is 1.52. The summed E-state index contributed by atoms with van der Waals surface area (Å²) >= 11 is 0. The standard InChI is InChI=1S/C12H15N3OS/c1-3-11-13-12(15-14-11)17(16)8-10-7-5-4-6-9(10)2/h4-7H,3,8H2,1-2H3,(H,13,14,15)/t17-/m1/s1. The van der Waals surface area contributed by atoms with Crippen molar-refractivity contribution in [3.8, 4) is 0 Å². The van der Waals surface area contributed by atoms with Crippen molar-refractivity contribution < 1.29 is 4.21 Å². The molecule has 2 aromatic rings. The van der Waals surface area contributed by atoms with Crippen LogP contribution in [0.5, 0.6) is 0 Å². The summed E-state index contributed by atoms with van der Waals surface area (Å²) < 4.78 is 12.1. The Labute approximate surface area is 103 Å². The molecule has 0 spiro atoms. The number of benzene rings is 1. The molecule has 0 aliphatic carbocycles. The lowest BCUT2D eigenvalue weighted by atomic mass is 10.1. The largest absolute Gasteiger partial charge is 0.262 e. The molecule has 0 aliphatic heterocycles. The van der Waals surface area contributed by atoms with Gasteiger partial charge in [-0.2, -0.15) is 0 Å². The van der Waals surface area contributed by atoms with Crippen molar-refractivity contribution in [3.63, 3.8) is 0 Å². The van der Waals surface area contributed by atoms with Gasteiger partial charge in [-0.1, -0.05) is 31.2 Å². The van der Waals surface area contributed by atoms with E-state index >= 15 is 0 Å². The SMILES string of the molecule is CCc1nc([S@](=O)Cc2ccccc2C)n[nH]1. The van der Waals surface area contributed by atoms with Gasteiger partial charge < -0.3 is 0 Å². The second-order valence-corrected chi connectivity index (χ2v) is 5.18. The average molecular weight is 249 g/mol. The summed E-state index contributed by atoms with van der Waals surface area (Å²) in [4.78, 5) is 4.19. The molecule has 0 radical (unpaired) electrons. The molecule has 1 atom stereocenters. The zero-order valence-corrected chi connectivity index (χ0v) is 10.8. The lowest BCUT2D eigenvalue weighted by molar-refractivity contribution is 0.675. The van der Waals surface area contributed by atoms with Gasteiger partial charge in [-0.15, -0.1) is 5.10 Å². The number of nitrogens with one attached hydrogen (secondary N) is 1. The molecule has 0 amide bonds. The number of aromatic amines is 1. The van der Waals surface area contributed by atoms with Crippen LogP contribution in [-0.2, 0) is 23.0 Å². The normalized spacial score (nSPS) is 12.6. The van der Waals surface area contributed by atoms with Crippen LogP contribution in [0.1, 0.15) is 23.9 Å². The number of rotatable bonds is 4. The molecule has 0 aliphatic rings. The molecule has 1 aromatic carbocycles. The number of hydrogen-bond acceptors (Lipinski definition) is 3. The first-order chi connectivity index (χ1) is 8.20.